The van der Waals surface area contributed by atoms with Crippen LogP contribution in [-0.4, -0.2) is 49.3 Å². The first-order valence-corrected chi connectivity index (χ1v) is 12.9. The number of amides is 1. The molecule has 1 atom stereocenters. The normalized spacial score (nSPS) is 14.1. The van der Waals surface area contributed by atoms with Crippen molar-refractivity contribution in [3.8, 4) is 17.0 Å². The number of methoxy groups -OCH3 is 1. The lowest BCUT2D eigenvalue weighted by Gasteiger charge is -2.29. The fraction of sp³-hybridized carbons (Fsp3) is 0.258. The number of nitrogens with zero attached hydrogens (tertiary/aromatic N) is 3. The average molecular weight is 509 g/mol. The van der Waals surface area contributed by atoms with E-state index in [1.807, 2.05) is 36.7 Å². The summed E-state index contributed by atoms with van der Waals surface area (Å²) in [5.41, 5.74) is 6.45. The number of carbonyl (C=O) groups excluding carboxylic acids is 1. The second-order valence-corrected chi connectivity index (χ2v) is 9.46. The monoisotopic (exact) mass is 508 g/mol. The van der Waals surface area contributed by atoms with Gasteiger partial charge >= 0.3 is 0 Å². The van der Waals surface area contributed by atoms with E-state index >= 15 is 0 Å². The van der Waals surface area contributed by atoms with Crippen LogP contribution in [0.1, 0.15) is 34.5 Å². The minimum absolute atomic E-state index is 0.174. The van der Waals surface area contributed by atoms with Crippen LogP contribution in [0.15, 0.2) is 85.2 Å². The van der Waals surface area contributed by atoms with Gasteiger partial charge < -0.3 is 19.7 Å². The third kappa shape index (κ3) is 6.18. The molecule has 7 nitrogen and oxygen atoms in total. The van der Waals surface area contributed by atoms with E-state index in [1.54, 1.807) is 25.3 Å². The highest BCUT2D eigenvalue weighted by Crippen LogP contribution is 2.26. The number of morpholine rings is 1. The molecule has 194 valence electrons. The molecule has 0 saturated carbocycles. The van der Waals surface area contributed by atoms with Crippen LogP contribution in [0, 0.1) is 0 Å². The molecule has 1 fully saturated rings. The van der Waals surface area contributed by atoms with Crippen LogP contribution in [0.3, 0.4) is 0 Å². The molecule has 1 aromatic heterocycles. The van der Waals surface area contributed by atoms with Crippen molar-refractivity contribution in [2.24, 2.45) is 0 Å². The molecule has 1 aliphatic rings. The lowest BCUT2D eigenvalue weighted by Crippen LogP contribution is -2.36. The average Bonchev–Trinajstić information content (AvgIpc) is 2.98. The number of benzene rings is 3. The summed E-state index contributed by atoms with van der Waals surface area (Å²) in [4.78, 5) is 24.5. The molecule has 0 bridgehead atoms. The SMILES string of the molecule is COc1cccc(C(=O)Nc2cccc([C@H](C)Cc3cncc(-c4cccc(N5CCOCC5)c4)n3)c2)c1. The maximum Gasteiger partial charge on any atom is 0.255 e. The van der Waals surface area contributed by atoms with Gasteiger partial charge in [-0.3, -0.25) is 9.78 Å². The van der Waals surface area contributed by atoms with Crippen molar-refractivity contribution >= 4 is 17.3 Å². The summed E-state index contributed by atoms with van der Waals surface area (Å²) in [6.45, 7) is 5.46. The lowest BCUT2D eigenvalue weighted by atomic mass is 9.95. The maximum absolute atomic E-state index is 12.8. The smallest absolute Gasteiger partial charge is 0.255 e. The van der Waals surface area contributed by atoms with E-state index in [1.165, 1.54) is 5.69 Å². The van der Waals surface area contributed by atoms with E-state index in [0.717, 1.165) is 60.9 Å². The molecule has 1 saturated heterocycles. The number of carbonyl (C=O) groups is 1. The van der Waals surface area contributed by atoms with E-state index in [4.69, 9.17) is 14.5 Å². The van der Waals surface area contributed by atoms with Gasteiger partial charge in [0.15, 0.2) is 0 Å². The first-order chi connectivity index (χ1) is 18.6. The highest BCUT2D eigenvalue weighted by molar-refractivity contribution is 6.04. The van der Waals surface area contributed by atoms with Crippen molar-refractivity contribution in [2.75, 3.05) is 43.6 Å². The maximum atomic E-state index is 12.8. The molecular weight excluding hydrogens is 476 g/mol. The van der Waals surface area contributed by atoms with Crippen molar-refractivity contribution in [3.63, 3.8) is 0 Å². The number of nitrogens with one attached hydrogen (secondary N) is 1. The molecule has 2 heterocycles. The van der Waals surface area contributed by atoms with E-state index in [9.17, 15) is 4.79 Å². The molecule has 1 N–H and O–H groups in total. The van der Waals surface area contributed by atoms with E-state index in [0.29, 0.717) is 11.3 Å². The Morgan fingerprint density at radius 2 is 1.84 bits per heavy atom. The lowest BCUT2D eigenvalue weighted by molar-refractivity contribution is 0.102. The second-order valence-electron chi connectivity index (χ2n) is 9.46. The zero-order valence-electron chi connectivity index (χ0n) is 21.8. The number of rotatable bonds is 8. The van der Waals surface area contributed by atoms with Crippen LogP contribution in [0.2, 0.25) is 0 Å². The van der Waals surface area contributed by atoms with Gasteiger partial charge in [0.2, 0.25) is 0 Å². The van der Waals surface area contributed by atoms with E-state index in [-0.39, 0.29) is 11.8 Å². The third-order valence-electron chi connectivity index (χ3n) is 6.76. The summed E-state index contributed by atoms with van der Waals surface area (Å²) in [7, 11) is 1.59. The predicted molar refractivity (Wildman–Crippen MR) is 150 cm³/mol. The molecule has 7 heteroatoms. The molecule has 0 radical (unpaired) electrons. The summed E-state index contributed by atoms with van der Waals surface area (Å²) in [5, 5.41) is 3.00. The van der Waals surface area contributed by atoms with Crippen LogP contribution >= 0.6 is 0 Å². The van der Waals surface area contributed by atoms with Gasteiger partial charge in [-0.2, -0.15) is 0 Å². The van der Waals surface area contributed by atoms with Crippen molar-refractivity contribution in [3.05, 3.63) is 102 Å². The number of anilines is 2. The highest BCUT2D eigenvalue weighted by Gasteiger charge is 2.14. The molecule has 1 amide bonds. The molecule has 1 aliphatic heterocycles. The summed E-state index contributed by atoms with van der Waals surface area (Å²) >= 11 is 0. The number of aromatic nitrogens is 2. The van der Waals surface area contributed by atoms with Gasteiger partial charge in [-0.1, -0.05) is 37.3 Å². The standard InChI is InChI=1S/C31H32N4O3/c1-22(23-6-3-9-26(17-23)34-31(36)25-8-5-11-29(19-25)37-2)16-27-20-32-21-30(33-27)24-7-4-10-28(18-24)35-12-14-38-15-13-35/h3-11,17-22H,12-16H2,1-2H3,(H,34,36)/t22-/m1/s1. The Labute approximate surface area is 223 Å². The summed E-state index contributed by atoms with van der Waals surface area (Å²) in [6, 6.07) is 23.5. The molecule has 0 aliphatic carbocycles. The van der Waals surface area contributed by atoms with Crippen LogP contribution < -0.4 is 15.0 Å². The van der Waals surface area contributed by atoms with E-state index < -0.39 is 0 Å². The van der Waals surface area contributed by atoms with Crippen molar-refractivity contribution in [1.29, 1.82) is 0 Å². The Morgan fingerprint density at radius 1 is 1.03 bits per heavy atom. The minimum Gasteiger partial charge on any atom is -0.497 e. The van der Waals surface area contributed by atoms with Crippen molar-refractivity contribution in [2.45, 2.75) is 19.3 Å². The third-order valence-corrected chi connectivity index (χ3v) is 6.76. The molecule has 0 spiro atoms. The number of hydrogen-bond donors (Lipinski definition) is 1. The summed E-state index contributed by atoms with van der Waals surface area (Å²) in [6.07, 6.45) is 4.39. The fourth-order valence-electron chi connectivity index (χ4n) is 4.65. The van der Waals surface area contributed by atoms with Crippen LogP contribution in [-0.2, 0) is 11.2 Å². The molecule has 38 heavy (non-hydrogen) atoms. The predicted octanol–water partition coefficient (Wildman–Crippen LogP) is 5.59. The molecule has 5 rings (SSSR count). The second kappa shape index (κ2) is 11.9. The van der Waals surface area contributed by atoms with Crippen LogP contribution in [0.25, 0.3) is 11.3 Å². The van der Waals surface area contributed by atoms with Gasteiger partial charge in [0.25, 0.3) is 5.91 Å². The zero-order chi connectivity index (χ0) is 26.3. The minimum atomic E-state index is -0.174. The Bertz CT molecular complexity index is 1400. The Morgan fingerprint density at radius 3 is 2.68 bits per heavy atom. The van der Waals surface area contributed by atoms with Crippen molar-refractivity contribution in [1.82, 2.24) is 9.97 Å². The van der Waals surface area contributed by atoms with E-state index in [2.05, 4.69) is 52.5 Å². The van der Waals surface area contributed by atoms with Gasteiger partial charge in [0.05, 0.1) is 37.9 Å². The van der Waals surface area contributed by atoms with Gasteiger partial charge in [-0.15, -0.1) is 0 Å². The van der Waals surface area contributed by atoms with Crippen molar-refractivity contribution < 1.29 is 14.3 Å². The highest BCUT2D eigenvalue weighted by atomic mass is 16.5. The topological polar surface area (TPSA) is 76.6 Å². The first-order valence-electron chi connectivity index (χ1n) is 12.9. The molecule has 3 aromatic carbocycles. The number of hydrogen-bond acceptors (Lipinski definition) is 6. The Balaban J connectivity index is 1.27. The van der Waals surface area contributed by atoms with Gasteiger partial charge in [0.1, 0.15) is 5.75 Å². The largest absolute Gasteiger partial charge is 0.497 e. The fourth-order valence-corrected chi connectivity index (χ4v) is 4.65. The first kappa shape index (κ1) is 25.4. The number of ether oxygens (including phenoxy) is 2. The molecule has 0 unspecified atom stereocenters. The van der Waals surface area contributed by atoms with Crippen LogP contribution in [0.4, 0.5) is 11.4 Å². The quantitative estimate of drug-likeness (QED) is 0.335. The molecule has 4 aromatic rings. The van der Waals surface area contributed by atoms with Gasteiger partial charge in [-0.05, 0) is 60.4 Å². The zero-order valence-corrected chi connectivity index (χ0v) is 21.8. The Kier molecular flexibility index (Phi) is 7.95. The van der Waals surface area contributed by atoms with Crippen LogP contribution in [0.5, 0.6) is 5.75 Å². The van der Waals surface area contributed by atoms with Gasteiger partial charge in [0, 0.05) is 41.8 Å². The molecular formula is C31H32N4O3. The summed E-state index contributed by atoms with van der Waals surface area (Å²) < 4.78 is 10.7. The summed E-state index contributed by atoms with van der Waals surface area (Å²) in [5.74, 6) is 0.663. The Hall–Kier alpha value is -4.23. The van der Waals surface area contributed by atoms with Gasteiger partial charge in [-0.25, -0.2) is 4.98 Å².